The van der Waals surface area contributed by atoms with Crippen LogP contribution >= 0.6 is 11.8 Å². The van der Waals surface area contributed by atoms with E-state index < -0.39 is 0 Å². The summed E-state index contributed by atoms with van der Waals surface area (Å²) in [5.74, 6) is 1.15. The number of pyridine rings is 1. The summed E-state index contributed by atoms with van der Waals surface area (Å²) >= 11 is 1.78. The fourth-order valence-corrected chi connectivity index (χ4v) is 2.72. The monoisotopic (exact) mass is 286 g/mol. The molecule has 104 valence electrons. The molecule has 2 N–H and O–H groups in total. The molecule has 0 amide bonds. The lowest BCUT2D eigenvalue weighted by atomic mass is 10.1. The highest BCUT2D eigenvalue weighted by molar-refractivity contribution is 7.99. The standard InChI is InChI=1S/C16H18N2OS/c17-15-9-4-10-18-16(15)12-13(19)6-5-11-20-14-7-2-1-3-8-14/h1-4,7-10H,5-6,11-12,17H2. The smallest absolute Gasteiger partial charge is 0.138 e. The Balaban J connectivity index is 1.69. The minimum atomic E-state index is 0.198. The minimum Gasteiger partial charge on any atom is -0.397 e. The van der Waals surface area contributed by atoms with Crippen molar-refractivity contribution in [2.45, 2.75) is 24.2 Å². The Hall–Kier alpha value is -1.81. The molecule has 0 spiro atoms. The van der Waals surface area contributed by atoms with Gasteiger partial charge in [0.1, 0.15) is 5.78 Å². The zero-order valence-electron chi connectivity index (χ0n) is 11.3. The molecule has 3 nitrogen and oxygen atoms in total. The molecule has 0 fully saturated rings. The molecule has 1 aromatic carbocycles. The molecule has 0 saturated carbocycles. The largest absolute Gasteiger partial charge is 0.397 e. The maximum absolute atomic E-state index is 11.9. The normalized spacial score (nSPS) is 10.4. The number of benzene rings is 1. The number of hydrogen-bond donors (Lipinski definition) is 1. The van der Waals surface area contributed by atoms with Crippen molar-refractivity contribution in [3.05, 3.63) is 54.4 Å². The lowest BCUT2D eigenvalue weighted by molar-refractivity contribution is -0.118. The first-order valence-corrected chi connectivity index (χ1v) is 7.63. The first-order valence-electron chi connectivity index (χ1n) is 6.64. The third kappa shape index (κ3) is 4.70. The molecule has 0 atom stereocenters. The van der Waals surface area contributed by atoms with Gasteiger partial charge in [0.15, 0.2) is 0 Å². The topological polar surface area (TPSA) is 56.0 Å². The Morgan fingerprint density at radius 3 is 2.70 bits per heavy atom. The van der Waals surface area contributed by atoms with Crippen molar-refractivity contribution in [2.75, 3.05) is 11.5 Å². The fourth-order valence-electron chi connectivity index (χ4n) is 1.85. The zero-order chi connectivity index (χ0) is 14.2. The molecule has 1 heterocycles. The number of carbonyl (C=O) groups excluding carboxylic acids is 1. The number of ketones is 1. The number of carbonyl (C=O) groups is 1. The number of nitrogens with two attached hydrogens (primary N) is 1. The van der Waals surface area contributed by atoms with Crippen LogP contribution in [0.1, 0.15) is 18.5 Å². The third-order valence-corrected chi connectivity index (χ3v) is 4.00. The van der Waals surface area contributed by atoms with E-state index >= 15 is 0 Å². The first-order chi connectivity index (χ1) is 9.75. The van der Waals surface area contributed by atoms with Gasteiger partial charge in [0.25, 0.3) is 0 Å². The average Bonchev–Trinajstić information content (AvgIpc) is 2.47. The van der Waals surface area contributed by atoms with E-state index in [1.54, 1.807) is 30.1 Å². The lowest BCUT2D eigenvalue weighted by Gasteiger charge is -2.04. The van der Waals surface area contributed by atoms with E-state index in [1.165, 1.54) is 4.90 Å². The average molecular weight is 286 g/mol. The van der Waals surface area contributed by atoms with Crippen molar-refractivity contribution in [2.24, 2.45) is 0 Å². The van der Waals surface area contributed by atoms with Crippen LogP contribution in [0, 0.1) is 0 Å². The second kappa shape index (κ2) is 7.70. The van der Waals surface area contributed by atoms with E-state index in [9.17, 15) is 4.79 Å². The summed E-state index contributed by atoms with van der Waals surface area (Å²) in [7, 11) is 0. The molecule has 0 aliphatic heterocycles. The van der Waals surface area contributed by atoms with Crippen LogP contribution in [0.5, 0.6) is 0 Å². The summed E-state index contributed by atoms with van der Waals surface area (Å²) in [6, 6.07) is 13.8. The van der Waals surface area contributed by atoms with Gasteiger partial charge in [0.05, 0.1) is 17.8 Å². The summed E-state index contributed by atoms with van der Waals surface area (Å²) in [5.41, 5.74) is 7.07. The highest BCUT2D eigenvalue weighted by atomic mass is 32.2. The van der Waals surface area contributed by atoms with E-state index in [1.807, 2.05) is 18.2 Å². The molecule has 1 aromatic heterocycles. The second-order valence-corrected chi connectivity index (χ2v) is 5.69. The van der Waals surface area contributed by atoms with E-state index in [0.29, 0.717) is 24.2 Å². The third-order valence-electron chi connectivity index (χ3n) is 2.90. The van der Waals surface area contributed by atoms with Crippen LogP contribution in [0.25, 0.3) is 0 Å². The van der Waals surface area contributed by atoms with Gasteiger partial charge in [-0.05, 0) is 36.4 Å². The van der Waals surface area contributed by atoms with E-state index in [4.69, 9.17) is 5.73 Å². The summed E-state index contributed by atoms with van der Waals surface area (Å²) in [6.45, 7) is 0. The first kappa shape index (κ1) is 14.6. The van der Waals surface area contributed by atoms with Crippen LogP contribution < -0.4 is 5.73 Å². The predicted octanol–water partition coefficient (Wildman–Crippen LogP) is 3.35. The number of anilines is 1. The summed E-state index contributed by atoms with van der Waals surface area (Å²) in [6.07, 6.45) is 3.47. The molecule has 0 bridgehead atoms. The molecular weight excluding hydrogens is 268 g/mol. The summed E-state index contributed by atoms with van der Waals surface area (Å²) < 4.78 is 0. The van der Waals surface area contributed by atoms with Gasteiger partial charge in [0, 0.05) is 17.5 Å². The minimum absolute atomic E-state index is 0.198. The molecular formula is C16H18N2OS. The molecule has 0 aliphatic carbocycles. The Kier molecular flexibility index (Phi) is 5.62. The number of nitrogen functional groups attached to an aromatic ring is 1. The van der Waals surface area contributed by atoms with Crippen LogP contribution in [0.3, 0.4) is 0 Å². The van der Waals surface area contributed by atoms with Gasteiger partial charge in [-0.25, -0.2) is 0 Å². The van der Waals surface area contributed by atoms with E-state index in [-0.39, 0.29) is 5.78 Å². The van der Waals surface area contributed by atoms with E-state index in [2.05, 4.69) is 17.1 Å². The summed E-state index contributed by atoms with van der Waals surface area (Å²) in [4.78, 5) is 17.3. The molecule has 2 rings (SSSR count). The van der Waals surface area contributed by atoms with Crippen molar-refractivity contribution < 1.29 is 4.79 Å². The van der Waals surface area contributed by atoms with Crippen molar-refractivity contribution in [3.8, 4) is 0 Å². The van der Waals surface area contributed by atoms with Gasteiger partial charge in [0.2, 0.25) is 0 Å². The molecule has 0 radical (unpaired) electrons. The van der Waals surface area contributed by atoms with Gasteiger partial charge in [-0.1, -0.05) is 18.2 Å². The van der Waals surface area contributed by atoms with Crippen LogP contribution in [-0.2, 0) is 11.2 Å². The second-order valence-electron chi connectivity index (χ2n) is 4.52. The van der Waals surface area contributed by atoms with Crippen molar-refractivity contribution in [1.29, 1.82) is 0 Å². The lowest BCUT2D eigenvalue weighted by Crippen LogP contribution is -2.07. The molecule has 4 heteroatoms. The summed E-state index contributed by atoms with van der Waals surface area (Å²) in [5, 5.41) is 0. The Morgan fingerprint density at radius 1 is 1.15 bits per heavy atom. The Bertz CT molecular complexity index is 557. The van der Waals surface area contributed by atoms with Crippen LogP contribution in [0.4, 0.5) is 5.69 Å². The fraction of sp³-hybridized carbons (Fsp3) is 0.250. The number of thioether (sulfide) groups is 1. The Morgan fingerprint density at radius 2 is 1.95 bits per heavy atom. The maximum Gasteiger partial charge on any atom is 0.138 e. The van der Waals surface area contributed by atoms with Crippen molar-refractivity contribution >= 4 is 23.2 Å². The van der Waals surface area contributed by atoms with Crippen LogP contribution in [0.15, 0.2) is 53.6 Å². The highest BCUT2D eigenvalue weighted by Crippen LogP contribution is 2.18. The van der Waals surface area contributed by atoms with Gasteiger partial charge in [-0.2, -0.15) is 0 Å². The van der Waals surface area contributed by atoms with E-state index in [0.717, 1.165) is 12.2 Å². The molecule has 20 heavy (non-hydrogen) atoms. The highest BCUT2D eigenvalue weighted by Gasteiger charge is 2.07. The van der Waals surface area contributed by atoms with Gasteiger partial charge in [-0.3, -0.25) is 9.78 Å². The number of hydrogen-bond acceptors (Lipinski definition) is 4. The zero-order valence-corrected chi connectivity index (χ0v) is 12.1. The number of nitrogens with zero attached hydrogens (tertiary/aromatic N) is 1. The number of aromatic nitrogens is 1. The predicted molar refractivity (Wildman–Crippen MR) is 83.8 cm³/mol. The Labute approximate surface area is 123 Å². The number of rotatable bonds is 7. The number of Topliss-reactive ketones (excluding diaryl/α,β-unsaturated/α-hetero) is 1. The molecule has 2 aromatic rings. The maximum atomic E-state index is 11.9. The van der Waals surface area contributed by atoms with Crippen LogP contribution in [-0.4, -0.2) is 16.5 Å². The van der Waals surface area contributed by atoms with Gasteiger partial charge < -0.3 is 5.73 Å². The van der Waals surface area contributed by atoms with Crippen molar-refractivity contribution in [3.63, 3.8) is 0 Å². The molecule has 0 aliphatic rings. The SMILES string of the molecule is Nc1cccnc1CC(=O)CCCSc1ccccc1. The molecule has 0 saturated heterocycles. The van der Waals surface area contributed by atoms with Crippen molar-refractivity contribution in [1.82, 2.24) is 4.98 Å². The quantitative estimate of drug-likeness (QED) is 0.626. The van der Waals surface area contributed by atoms with Gasteiger partial charge in [-0.15, -0.1) is 11.8 Å². The van der Waals surface area contributed by atoms with Crippen LogP contribution in [0.2, 0.25) is 0 Å². The molecule has 0 unspecified atom stereocenters. The van der Waals surface area contributed by atoms with Gasteiger partial charge >= 0.3 is 0 Å².